The number of nitrogens with two attached hydrogens (primary N) is 2. The van der Waals surface area contributed by atoms with E-state index in [0.29, 0.717) is 17.5 Å². The number of carbonyl (C=O) groups is 3. The highest BCUT2D eigenvalue weighted by molar-refractivity contribution is 6.03. The number of aliphatic carboxylic acids is 1. The Bertz CT molecular complexity index is 1580. The molecule has 3 aromatic rings. The zero-order valence-electron chi connectivity index (χ0n) is 27.0. The topological polar surface area (TPSA) is 213 Å². The third-order valence-electron chi connectivity index (χ3n) is 7.12. The quantitative estimate of drug-likeness (QED) is 0.0263. The molecule has 0 aliphatic rings. The fourth-order valence-corrected chi connectivity index (χ4v) is 4.78. The molecule has 256 valence electrons. The summed E-state index contributed by atoms with van der Waals surface area (Å²) in [6.07, 6.45) is 0.713. The van der Waals surface area contributed by atoms with Crippen molar-refractivity contribution in [3.8, 4) is 16.9 Å². The number of carboxylic acid groups (broad SMARTS) is 1. The number of benzene rings is 3. The van der Waals surface area contributed by atoms with Gasteiger partial charge in [-0.05, 0) is 46.7 Å². The van der Waals surface area contributed by atoms with E-state index in [9.17, 15) is 29.6 Å². The number of nitrogens with zero attached hydrogens (tertiary/aromatic N) is 4. The molecule has 0 aromatic heterocycles. The number of unbranched alkanes of at least 4 members (excludes halogenated alkanes) is 1. The Kier molecular flexibility index (Phi) is 13.7. The van der Waals surface area contributed by atoms with E-state index in [4.69, 9.17) is 21.1 Å². The first-order chi connectivity index (χ1) is 22.9. The van der Waals surface area contributed by atoms with Crippen LogP contribution < -0.4 is 16.3 Å². The first-order valence-corrected chi connectivity index (χ1v) is 15.2. The van der Waals surface area contributed by atoms with Gasteiger partial charge in [0.15, 0.2) is 12.6 Å². The van der Waals surface area contributed by atoms with E-state index >= 15 is 0 Å². The maximum absolute atomic E-state index is 13.0. The molecule has 0 bridgehead atoms. The van der Waals surface area contributed by atoms with Crippen molar-refractivity contribution in [1.82, 2.24) is 10.0 Å². The van der Waals surface area contributed by atoms with Crippen molar-refractivity contribution >= 4 is 23.9 Å². The minimum absolute atomic E-state index is 0.0376. The minimum atomic E-state index is -1.07. The number of carbonyl (C=O) groups excluding carboxylic acids is 2. The van der Waals surface area contributed by atoms with Gasteiger partial charge in [-0.25, -0.2) is 15.4 Å². The van der Waals surface area contributed by atoms with Crippen molar-refractivity contribution in [1.29, 1.82) is 0 Å². The fraction of sp³-hybridized carbons (Fsp3) is 0.333. The van der Waals surface area contributed by atoms with Gasteiger partial charge in [0, 0.05) is 18.5 Å². The lowest BCUT2D eigenvalue weighted by atomic mass is 9.97. The van der Waals surface area contributed by atoms with Gasteiger partial charge in [-0.3, -0.25) is 4.79 Å². The molecule has 1 amide bonds. The smallest absolute Gasteiger partial charge is 0.480 e. The van der Waals surface area contributed by atoms with Crippen LogP contribution in [-0.4, -0.2) is 56.9 Å². The third kappa shape index (κ3) is 11.0. The van der Waals surface area contributed by atoms with E-state index in [0.717, 1.165) is 28.2 Å². The van der Waals surface area contributed by atoms with Gasteiger partial charge in [0.05, 0.1) is 0 Å². The lowest BCUT2D eigenvalue weighted by molar-refractivity contribution is -0.763. The number of amides is 1. The Morgan fingerprint density at radius 1 is 1.00 bits per heavy atom. The van der Waals surface area contributed by atoms with Crippen LogP contribution in [-0.2, 0) is 32.3 Å². The lowest BCUT2D eigenvalue weighted by Crippen LogP contribution is -2.47. The van der Waals surface area contributed by atoms with Gasteiger partial charge >= 0.3 is 12.1 Å². The summed E-state index contributed by atoms with van der Waals surface area (Å²) in [6.45, 7) is 4.96. The first-order valence-electron chi connectivity index (χ1n) is 15.2. The molecular weight excluding hydrogens is 624 g/mol. The van der Waals surface area contributed by atoms with Gasteiger partial charge in [-0.2, -0.15) is 5.12 Å². The largest absolute Gasteiger partial charge is 0.515 e. The minimum Gasteiger partial charge on any atom is -0.480 e. The normalized spacial score (nSPS) is 11.8. The number of ether oxygens (including phenoxy) is 2. The summed E-state index contributed by atoms with van der Waals surface area (Å²) >= 11 is 0. The molecule has 1 unspecified atom stereocenters. The van der Waals surface area contributed by atoms with E-state index in [1.807, 2.05) is 43.3 Å². The molecular formula is C33H40N6O9. The van der Waals surface area contributed by atoms with E-state index in [1.54, 1.807) is 26.0 Å². The summed E-state index contributed by atoms with van der Waals surface area (Å²) in [5, 5.41) is 24.2. The van der Waals surface area contributed by atoms with Crippen molar-refractivity contribution in [3.05, 3.63) is 99.6 Å². The van der Waals surface area contributed by atoms with E-state index < -0.39 is 30.0 Å². The van der Waals surface area contributed by atoms with E-state index in [2.05, 4.69) is 9.94 Å². The Morgan fingerprint density at radius 2 is 1.65 bits per heavy atom. The molecule has 3 rings (SSSR count). The summed E-state index contributed by atoms with van der Waals surface area (Å²) in [4.78, 5) is 53.3. The van der Waals surface area contributed by atoms with Crippen LogP contribution in [0.4, 0.5) is 4.79 Å². The molecule has 0 aliphatic heterocycles. The fourth-order valence-electron chi connectivity index (χ4n) is 4.78. The molecule has 15 nitrogen and oxygen atoms in total. The highest BCUT2D eigenvalue weighted by atomic mass is 16.9. The molecule has 0 spiro atoms. The van der Waals surface area contributed by atoms with Crippen LogP contribution in [0.3, 0.4) is 0 Å². The zero-order chi connectivity index (χ0) is 35.2. The molecule has 15 heteroatoms. The lowest BCUT2D eigenvalue weighted by Gasteiger charge is -2.32. The van der Waals surface area contributed by atoms with Gasteiger partial charge < -0.3 is 30.1 Å². The van der Waals surface area contributed by atoms with E-state index in [1.165, 1.54) is 29.2 Å². The summed E-state index contributed by atoms with van der Waals surface area (Å²) in [5.41, 5.74) is 9.62. The highest BCUT2D eigenvalue weighted by Gasteiger charge is 2.32. The van der Waals surface area contributed by atoms with Crippen molar-refractivity contribution < 1.29 is 38.9 Å². The first kappa shape index (κ1) is 36.8. The van der Waals surface area contributed by atoms with Crippen LogP contribution >= 0.6 is 0 Å². The molecule has 0 aliphatic carbocycles. The molecule has 5 N–H and O–H groups in total. The average molecular weight is 665 g/mol. The van der Waals surface area contributed by atoms with Crippen LogP contribution in [0.5, 0.6) is 5.75 Å². The van der Waals surface area contributed by atoms with Crippen LogP contribution in [0, 0.1) is 16.0 Å². The van der Waals surface area contributed by atoms with Crippen LogP contribution in [0.15, 0.2) is 77.9 Å². The Hall–Kier alpha value is -5.70. The summed E-state index contributed by atoms with van der Waals surface area (Å²) in [6, 6.07) is 19.4. The zero-order valence-corrected chi connectivity index (χ0v) is 27.0. The van der Waals surface area contributed by atoms with Crippen LogP contribution in [0.1, 0.15) is 56.7 Å². The van der Waals surface area contributed by atoms with Crippen molar-refractivity contribution in [2.45, 2.75) is 59.2 Å². The molecule has 0 saturated carbocycles. The molecule has 0 saturated heterocycles. The predicted molar refractivity (Wildman–Crippen MR) is 175 cm³/mol. The molecule has 48 heavy (non-hydrogen) atoms. The Balaban J connectivity index is 1.67. The summed E-state index contributed by atoms with van der Waals surface area (Å²) in [7, 11) is 0. The SMILES string of the molecule is CCCCC(=O)N(Cc1ccc(-c2ccccc2/C(N)=N/N(N)COC(=O)Oc2ccc(CO[N+](=O)[O-])cc2)cc1)C(C(=O)O)C(C)C. The van der Waals surface area contributed by atoms with Gasteiger partial charge in [-0.15, -0.1) is 15.2 Å². The molecule has 1 atom stereocenters. The van der Waals surface area contributed by atoms with Crippen molar-refractivity contribution in [3.63, 3.8) is 0 Å². The van der Waals surface area contributed by atoms with E-state index in [-0.39, 0.29) is 43.0 Å². The maximum Gasteiger partial charge on any atom is 0.515 e. The van der Waals surface area contributed by atoms with Gasteiger partial charge in [0.25, 0.3) is 5.09 Å². The highest BCUT2D eigenvalue weighted by Crippen LogP contribution is 2.26. The molecule has 0 radical (unpaired) electrons. The number of hydrogen-bond donors (Lipinski definition) is 3. The monoisotopic (exact) mass is 664 g/mol. The third-order valence-corrected chi connectivity index (χ3v) is 7.12. The van der Waals surface area contributed by atoms with Crippen LogP contribution in [0.25, 0.3) is 11.1 Å². The standard InChI is InChI=1S/C33H40N6O9/c1-4-5-10-29(40)37(30(22(2)3)32(41)42)19-23-11-15-25(16-12-23)27-8-6-7-9-28(27)31(34)36-38(35)21-46-33(43)48-26-17-13-24(14-18-26)20-47-39(44)45/h6-9,11-18,22,30H,4-5,10,19-21,35H2,1-3H3,(H2,34,36)(H,41,42). The van der Waals surface area contributed by atoms with Gasteiger partial charge in [-0.1, -0.05) is 87.9 Å². The average Bonchev–Trinajstić information content (AvgIpc) is 3.05. The van der Waals surface area contributed by atoms with Gasteiger partial charge in [0.1, 0.15) is 18.4 Å². The Labute approximate surface area is 277 Å². The Morgan fingerprint density at radius 3 is 2.25 bits per heavy atom. The van der Waals surface area contributed by atoms with Crippen molar-refractivity contribution in [2.24, 2.45) is 22.6 Å². The van der Waals surface area contributed by atoms with Gasteiger partial charge in [0.2, 0.25) is 5.91 Å². The van der Waals surface area contributed by atoms with Crippen LogP contribution in [0.2, 0.25) is 0 Å². The second-order valence-electron chi connectivity index (χ2n) is 11.1. The predicted octanol–water partition coefficient (Wildman–Crippen LogP) is 4.66. The number of carboxylic acids is 1. The second kappa shape index (κ2) is 17.9. The second-order valence-corrected chi connectivity index (χ2v) is 11.1. The molecule has 0 fully saturated rings. The summed E-state index contributed by atoms with van der Waals surface area (Å²) in [5.74, 6) is 4.56. The molecule has 0 heterocycles. The summed E-state index contributed by atoms with van der Waals surface area (Å²) < 4.78 is 10.1. The number of hydrogen-bond acceptors (Lipinski definition) is 11. The number of rotatable bonds is 17. The number of amidine groups is 1. The number of hydrazone groups is 1. The number of hydrazine groups is 1. The van der Waals surface area contributed by atoms with Crippen molar-refractivity contribution in [2.75, 3.05) is 6.73 Å². The molecule has 3 aromatic carbocycles. The maximum atomic E-state index is 13.0.